The summed E-state index contributed by atoms with van der Waals surface area (Å²) in [6, 6.07) is 5.60. The summed E-state index contributed by atoms with van der Waals surface area (Å²) in [5, 5.41) is 3.10. The van der Waals surface area contributed by atoms with Crippen molar-refractivity contribution in [2.75, 3.05) is 40.6 Å². The summed E-state index contributed by atoms with van der Waals surface area (Å²) < 4.78 is 35.0. The SMILES string of the molecule is COc1cccc(CNCCS(=O)(=O)N(C)C)c1OC. The molecule has 1 N–H and O–H groups in total. The number of hydrogen-bond donors (Lipinski definition) is 1. The number of ether oxygens (including phenoxy) is 2. The van der Waals surface area contributed by atoms with Crippen LogP contribution in [0.25, 0.3) is 0 Å². The summed E-state index contributed by atoms with van der Waals surface area (Å²) in [5.41, 5.74) is 0.925. The first-order valence-corrected chi connectivity index (χ1v) is 7.84. The van der Waals surface area contributed by atoms with Crippen LogP contribution < -0.4 is 14.8 Å². The maximum absolute atomic E-state index is 11.6. The fourth-order valence-corrected chi connectivity index (χ4v) is 2.47. The van der Waals surface area contributed by atoms with Gasteiger partial charge in [0.1, 0.15) is 0 Å². The van der Waals surface area contributed by atoms with Crippen LogP contribution in [0.1, 0.15) is 5.56 Å². The monoisotopic (exact) mass is 302 g/mol. The molecule has 114 valence electrons. The van der Waals surface area contributed by atoms with Gasteiger partial charge in [-0.05, 0) is 6.07 Å². The first kappa shape index (κ1) is 16.7. The first-order chi connectivity index (χ1) is 9.42. The number of para-hydroxylation sites is 1. The van der Waals surface area contributed by atoms with Crippen LogP contribution in [-0.4, -0.2) is 53.3 Å². The molecule has 0 aliphatic rings. The Labute approximate surface area is 120 Å². The van der Waals surface area contributed by atoms with Crippen LogP contribution in [-0.2, 0) is 16.6 Å². The molecular weight excluding hydrogens is 280 g/mol. The van der Waals surface area contributed by atoms with Gasteiger partial charge < -0.3 is 14.8 Å². The van der Waals surface area contributed by atoms with Crippen molar-refractivity contribution in [1.82, 2.24) is 9.62 Å². The van der Waals surface area contributed by atoms with Gasteiger partial charge in [-0.1, -0.05) is 12.1 Å². The summed E-state index contributed by atoms with van der Waals surface area (Å²) >= 11 is 0. The minimum atomic E-state index is -3.17. The summed E-state index contributed by atoms with van der Waals surface area (Å²) in [6.45, 7) is 0.893. The summed E-state index contributed by atoms with van der Waals surface area (Å²) in [5.74, 6) is 1.39. The maximum Gasteiger partial charge on any atom is 0.214 e. The highest BCUT2D eigenvalue weighted by atomic mass is 32.2. The van der Waals surface area contributed by atoms with Crippen LogP contribution in [0.3, 0.4) is 0 Å². The fraction of sp³-hybridized carbons (Fsp3) is 0.538. The predicted molar refractivity (Wildman–Crippen MR) is 78.7 cm³/mol. The summed E-state index contributed by atoms with van der Waals surface area (Å²) in [7, 11) is 3.05. The van der Waals surface area contributed by atoms with Crippen molar-refractivity contribution in [3.05, 3.63) is 23.8 Å². The van der Waals surface area contributed by atoms with Gasteiger partial charge in [-0.25, -0.2) is 12.7 Å². The van der Waals surface area contributed by atoms with E-state index < -0.39 is 10.0 Å². The number of methoxy groups -OCH3 is 2. The number of nitrogens with one attached hydrogen (secondary N) is 1. The van der Waals surface area contributed by atoms with Gasteiger partial charge in [0.05, 0.1) is 20.0 Å². The van der Waals surface area contributed by atoms with Gasteiger partial charge in [-0.15, -0.1) is 0 Å². The minimum Gasteiger partial charge on any atom is -0.493 e. The van der Waals surface area contributed by atoms with E-state index in [4.69, 9.17) is 9.47 Å². The van der Waals surface area contributed by atoms with Crippen molar-refractivity contribution in [1.29, 1.82) is 0 Å². The van der Waals surface area contributed by atoms with Gasteiger partial charge in [0.15, 0.2) is 11.5 Å². The lowest BCUT2D eigenvalue weighted by Crippen LogP contribution is -2.31. The third-order valence-corrected chi connectivity index (χ3v) is 4.73. The molecular formula is C13H22N2O4S. The molecule has 0 unspecified atom stereocenters. The molecule has 20 heavy (non-hydrogen) atoms. The van der Waals surface area contributed by atoms with Crippen LogP contribution in [0.15, 0.2) is 18.2 Å². The smallest absolute Gasteiger partial charge is 0.214 e. The van der Waals surface area contributed by atoms with E-state index in [2.05, 4.69) is 5.32 Å². The molecule has 0 fully saturated rings. The highest BCUT2D eigenvalue weighted by Gasteiger charge is 2.13. The normalized spacial score (nSPS) is 11.7. The average molecular weight is 302 g/mol. The number of nitrogens with zero attached hydrogens (tertiary/aromatic N) is 1. The van der Waals surface area contributed by atoms with Gasteiger partial charge >= 0.3 is 0 Å². The predicted octanol–water partition coefficient (Wildman–Crippen LogP) is 0.685. The highest BCUT2D eigenvalue weighted by Crippen LogP contribution is 2.30. The quantitative estimate of drug-likeness (QED) is 0.716. The minimum absolute atomic E-state index is 0.0618. The fourth-order valence-electron chi connectivity index (χ4n) is 1.70. The Morgan fingerprint density at radius 1 is 1.20 bits per heavy atom. The Balaban J connectivity index is 2.59. The van der Waals surface area contributed by atoms with Crippen molar-refractivity contribution in [3.8, 4) is 11.5 Å². The number of benzene rings is 1. The van der Waals surface area contributed by atoms with Gasteiger partial charge in [-0.2, -0.15) is 0 Å². The topological polar surface area (TPSA) is 67.9 Å². The zero-order valence-corrected chi connectivity index (χ0v) is 13.2. The van der Waals surface area contributed by atoms with Crippen molar-refractivity contribution in [2.45, 2.75) is 6.54 Å². The summed E-state index contributed by atoms with van der Waals surface area (Å²) in [4.78, 5) is 0. The van der Waals surface area contributed by atoms with Gasteiger partial charge in [0, 0.05) is 32.7 Å². The van der Waals surface area contributed by atoms with Crippen molar-refractivity contribution >= 4 is 10.0 Å². The second-order valence-corrected chi connectivity index (χ2v) is 6.73. The zero-order valence-electron chi connectivity index (χ0n) is 12.3. The molecule has 0 heterocycles. The lowest BCUT2D eigenvalue weighted by molar-refractivity contribution is 0.351. The van der Waals surface area contributed by atoms with E-state index in [1.165, 1.54) is 18.4 Å². The molecule has 1 rings (SSSR count). The number of sulfonamides is 1. The molecule has 0 spiro atoms. The third kappa shape index (κ3) is 4.36. The molecule has 0 aromatic heterocycles. The molecule has 7 heteroatoms. The van der Waals surface area contributed by atoms with Crippen molar-refractivity contribution in [2.24, 2.45) is 0 Å². The van der Waals surface area contributed by atoms with Crippen LogP contribution in [0.2, 0.25) is 0 Å². The molecule has 0 saturated carbocycles. The maximum atomic E-state index is 11.6. The molecule has 0 bridgehead atoms. The van der Waals surface area contributed by atoms with Crippen LogP contribution in [0.4, 0.5) is 0 Å². The Bertz CT molecular complexity index is 529. The van der Waals surface area contributed by atoms with Gasteiger partial charge in [0.2, 0.25) is 10.0 Å². The molecule has 0 saturated heterocycles. The molecule has 0 amide bonds. The molecule has 1 aromatic rings. The lowest BCUT2D eigenvalue weighted by atomic mass is 10.2. The van der Waals surface area contributed by atoms with E-state index in [0.717, 1.165) is 5.56 Å². The van der Waals surface area contributed by atoms with E-state index in [1.54, 1.807) is 14.2 Å². The van der Waals surface area contributed by atoms with Crippen molar-refractivity contribution < 1.29 is 17.9 Å². The molecule has 6 nitrogen and oxygen atoms in total. The average Bonchev–Trinajstić information content (AvgIpc) is 2.42. The second kappa shape index (κ2) is 7.47. The number of hydrogen-bond acceptors (Lipinski definition) is 5. The molecule has 0 aliphatic carbocycles. The van der Waals surface area contributed by atoms with E-state index in [1.807, 2.05) is 18.2 Å². The Hall–Kier alpha value is -1.31. The van der Waals surface area contributed by atoms with Crippen LogP contribution >= 0.6 is 0 Å². The molecule has 0 radical (unpaired) electrons. The van der Waals surface area contributed by atoms with Crippen molar-refractivity contribution in [3.63, 3.8) is 0 Å². The summed E-state index contributed by atoms with van der Waals surface area (Å²) in [6.07, 6.45) is 0. The van der Waals surface area contributed by atoms with E-state index >= 15 is 0 Å². The Kier molecular flexibility index (Phi) is 6.25. The van der Waals surface area contributed by atoms with Gasteiger partial charge in [0.25, 0.3) is 0 Å². The van der Waals surface area contributed by atoms with E-state index in [9.17, 15) is 8.42 Å². The van der Waals surface area contributed by atoms with Crippen LogP contribution in [0, 0.1) is 0 Å². The first-order valence-electron chi connectivity index (χ1n) is 6.23. The number of rotatable bonds is 8. The van der Waals surface area contributed by atoms with E-state index in [-0.39, 0.29) is 5.75 Å². The standard InChI is InChI=1S/C13H22N2O4S/c1-15(2)20(16,17)9-8-14-10-11-6-5-7-12(18-3)13(11)19-4/h5-7,14H,8-10H2,1-4H3. The molecule has 0 aliphatic heterocycles. The third-order valence-electron chi connectivity index (χ3n) is 2.89. The zero-order chi connectivity index (χ0) is 15.2. The highest BCUT2D eigenvalue weighted by molar-refractivity contribution is 7.89. The Morgan fingerprint density at radius 3 is 2.45 bits per heavy atom. The van der Waals surface area contributed by atoms with E-state index in [0.29, 0.717) is 24.6 Å². The lowest BCUT2D eigenvalue weighted by Gasteiger charge is -2.14. The molecule has 1 aromatic carbocycles. The van der Waals surface area contributed by atoms with Crippen LogP contribution in [0.5, 0.6) is 11.5 Å². The molecule has 0 atom stereocenters. The largest absolute Gasteiger partial charge is 0.493 e. The van der Waals surface area contributed by atoms with Gasteiger partial charge in [-0.3, -0.25) is 0 Å². The second-order valence-electron chi connectivity index (χ2n) is 4.43. The Morgan fingerprint density at radius 2 is 1.90 bits per heavy atom.